The molecule has 0 radical (unpaired) electrons. The molecule has 0 saturated carbocycles. The maximum atomic E-state index is 4.26. The summed E-state index contributed by atoms with van der Waals surface area (Å²) in [5.74, 6) is 0.619. The average molecular weight is 307 g/mol. The molecule has 0 amide bonds. The summed E-state index contributed by atoms with van der Waals surface area (Å²) in [5.41, 5.74) is 0. The first-order chi connectivity index (χ1) is 6.58. The Labute approximate surface area is 99.4 Å². The number of rotatable bonds is 5. The van der Waals surface area contributed by atoms with Crippen LogP contribution in [0.25, 0.3) is 0 Å². The monoisotopic (exact) mass is 307 g/mol. The predicted molar refractivity (Wildman–Crippen MR) is 67.2 cm³/mol. The molecule has 0 saturated heterocycles. The SMILES string of the molecule is CC(CNC(C)C)Cn1cc(I)cn1. The van der Waals surface area contributed by atoms with Gasteiger partial charge in [-0.05, 0) is 35.1 Å². The maximum absolute atomic E-state index is 4.26. The van der Waals surface area contributed by atoms with E-state index in [-0.39, 0.29) is 0 Å². The lowest BCUT2D eigenvalue weighted by atomic mass is 10.2. The second-order valence-electron chi connectivity index (χ2n) is 4.05. The fourth-order valence-electron chi connectivity index (χ4n) is 1.26. The van der Waals surface area contributed by atoms with Gasteiger partial charge in [-0.2, -0.15) is 5.10 Å². The van der Waals surface area contributed by atoms with Crippen LogP contribution in [0.1, 0.15) is 20.8 Å². The molecule has 14 heavy (non-hydrogen) atoms. The zero-order valence-electron chi connectivity index (χ0n) is 9.00. The van der Waals surface area contributed by atoms with Crippen LogP contribution in [0.5, 0.6) is 0 Å². The minimum atomic E-state index is 0.565. The van der Waals surface area contributed by atoms with Crippen molar-refractivity contribution in [3.05, 3.63) is 16.0 Å². The highest BCUT2D eigenvalue weighted by molar-refractivity contribution is 14.1. The molecule has 1 N–H and O–H groups in total. The topological polar surface area (TPSA) is 29.9 Å². The lowest BCUT2D eigenvalue weighted by Gasteiger charge is -2.14. The summed E-state index contributed by atoms with van der Waals surface area (Å²) in [6.45, 7) is 8.62. The molecule has 0 aliphatic carbocycles. The van der Waals surface area contributed by atoms with E-state index in [0.717, 1.165) is 13.1 Å². The molecule has 0 spiro atoms. The van der Waals surface area contributed by atoms with Gasteiger partial charge in [-0.15, -0.1) is 0 Å². The summed E-state index contributed by atoms with van der Waals surface area (Å²) >= 11 is 2.28. The summed E-state index contributed by atoms with van der Waals surface area (Å²) in [6, 6.07) is 0.565. The van der Waals surface area contributed by atoms with E-state index < -0.39 is 0 Å². The molecule has 0 bridgehead atoms. The van der Waals surface area contributed by atoms with Crippen LogP contribution in [0.15, 0.2) is 12.4 Å². The van der Waals surface area contributed by atoms with Crippen LogP contribution >= 0.6 is 22.6 Å². The molecule has 1 unspecified atom stereocenters. The van der Waals surface area contributed by atoms with Crippen molar-refractivity contribution in [3.8, 4) is 0 Å². The third-order valence-corrected chi connectivity index (χ3v) is 2.53. The Balaban J connectivity index is 2.30. The van der Waals surface area contributed by atoms with Crippen molar-refractivity contribution >= 4 is 22.6 Å². The van der Waals surface area contributed by atoms with Crippen molar-refractivity contribution in [3.63, 3.8) is 0 Å². The Morgan fingerprint density at radius 3 is 2.71 bits per heavy atom. The van der Waals surface area contributed by atoms with Crippen molar-refractivity contribution in [1.29, 1.82) is 0 Å². The number of nitrogens with zero attached hydrogens (tertiary/aromatic N) is 2. The average Bonchev–Trinajstić information content (AvgIpc) is 2.48. The van der Waals surface area contributed by atoms with E-state index in [0.29, 0.717) is 12.0 Å². The molecule has 4 heteroatoms. The lowest BCUT2D eigenvalue weighted by molar-refractivity contribution is 0.406. The van der Waals surface area contributed by atoms with E-state index in [1.165, 1.54) is 3.57 Å². The number of aromatic nitrogens is 2. The van der Waals surface area contributed by atoms with Gasteiger partial charge in [0.25, 0.3) is 0 Å². The van der Waals surface area contributed by atoms with Crippen molar-refractivity contribution in [2.75, 3.05) is 6.54 Å². The van der Waals surface area contributed by atoms with Crippen molar-refractivity contribution in [1.82, 2.24) is 15.1 Å². The fourth-order valence-corrected chi connectivity index (χ4v) is 1.71. The molecule has 0 aromatic carbocycles. The largest absolute Gasteiger partial charge is 0.314 e. The van der Waals surface area contributed by atoms with Crippen molar-refractivity contribution in [2.24, 2.45) is 5.92 Å². The maximum Gasteiger partial charge on any atom is 0.0623 e. The highest BCUT2D eigenvalue weighted by Crippen LogP contribution is 2.04. The normalized spacial score (nSPS) is 13.5. The van der Waals surface area contributed by atoms with Gasteiger partial charge in [0.2, 0.25) is 0 Å². The Bertz CT molecular complexity index is 270. The van der Waals surface area contributed by atoms with E-state index in [1.807, 2.05) is 10.9 Å². The molecule has 1 aromatic rings. The molecule has 1 atom stereocenters. The van der Waals surface area contributed by atoms with E-state index in [1.54, 1.807) is 0 Å². The molecule has 0 aliphatic heterocycles. The smallest absolute Gasteiger partial charge is 0.0623 e. The van der Waals surface area contributed by atoms with Crippen LogP contribution in [0.2, 0.25) is 0 Å². The minimum Gasteiger partial charge on any atom is -0.314 e. The Morgan fingerprint density at radius 2 is 2.21 bits per heavy atom. The molecule has 0 aliphatic rings. The Morgan fingerprint density at radius 1 is 1.50 bits per heavy atom. The van der Waals surface area contributed by atoms with Crippen molar-refractivity contribution < 1.29 is 0 Å². The molecule has 3 nitrogen and oxygen atoms in total. The first-order valence-corrected chi connectivity index (χ1v) is 6.07. The highest BCUT2D eigenvalue weighted by Gasteiger charge is 2.04. The second-order valence-corrected chi connectivity index (χ2v) is 5.29. The second kappa shape index (κ2) is 5.70. The fraction of sp³-hybridized carbons (Fsp3) is 0.700. The zero-order valence-corrected chi connectivity index (χ0v) is 11.2. The van der Waals surface area contributed by atoms with E-state index >= 15 is 0 Å². The van der Waals surface area contributed by atoms with E-state index in [9.17, 15) is 0 Å². The quantitative estimate of drug-likeness (QED) is 0.845. The summed E-state index contributed by atoms with van der Waals surface area (Å²) in [5, 5.41) is 7.69. The number of halogens is 1. The van der Waals surface area contributed by atoms with Crippen molar-refractivity contribution in [2.45, 2.75) is 33.4 Å². The van der Waals surface area contributed by atoms with Gasteiger partial charge < -0.3 is 5.32 Å². The lowest BCUT2D eigenvalue weighted by Crippen LogP contribution is -2.29. The standard InChI is InChI=1S/C10H18IN3/c1-8(2)12-4-9(3)6-14-7-10(11)5-13-14/h5,7-9,12H,4,6H2,1-3H3. The molecule has 1 rings (SSSR count). The van der Waals surface area contributed by atoms with Gasteiger partial charge in [0, 0.05) is 18.8 Å². The molecule has 80 valence electrons. The molecular weight excluding hydrogens is 289 g/mol. The van der Waals surface area contributed by atoms with Gasteiger partial charge in [0.05, 0.1) is 9.77 Å². The first kappa shape index (κ1) is 12.0. The van der Waals surface area contributed by atoms with Gasteiger partial charge in [0.1, 0.15) is 0 Å². The van der Waals surface area contributed by atoms with Crippen LogP contribution in [-0.2, 0) is 6.54 Å². The van der Waals surface area contributed by atoms with Gasteiger partial charge in [-0.25, -0.2) is 0 Å². The summed E-state index contributed by atoms with van der Waals surface area (Å²) < 4.78 is 3.21. The van der Waals surface area contributed by atoms with Gasteiger partial charge >= 0.3 is 0 Å². The number of hydrogen-bond acceptors (Lipinski definition) is 2. The van der Waals surface area contributed by atoms with Gasteiger partial charge in [0.15, 0.2) is 0 Å². The zero-order chi connectivity index (χ0) is 10.6. The van der Waals surface area contributed by atoms with Crippen LogP contribution in [0.3, 0.4) is 0 Å². The van der Waals surface area contributed by atoms with E-state index in [4.69, 9.17) is 0 Å². The minimum absolute atomic E-state index is 0.565. The van der Waals surface area contributed by atoms with Crippen LogP contribution in [0.4, 0.5) is 0 Å². The summed E-state index contributed by atoms with van der Waals surface area (Å²) in [7, 11) is 0. The molecule has 1 heterocycles. The Kier molecular flexibility index (Phi) is 4.88. The van der Waals surface area contributed by atoms with E-state index in [2.05, 4.69) is 60.0 Å². The Hall–Kier alpha value is -0.100. The first-order valence-electron chi connectivity index (χ1n) is 4.99. The predicted octanol–water partition coefficient (Wildman–Crippen LogP) is 2.12. The third-order valence-electron chi connectivity index (χ3n) is 1.98. The molecule has 0 fully saturated rings. The number of nitrogens with one attached hydrogen (secondary N) is 1. The number of hydrogen-bond donors (Lipinski definition) is 1. The summed E-state index contributed by atoms with van der Waals surface area (Å²) in [4.78, 5) is 0. The molecule has 1 aromatic heterocycles. The highest BCUT2D eigenvalue weighted by atomic mass is 127. The molecular formula is C10H18IN3. The summed E-state index contributed by atoms with van der Waals surface area (Å²) in [6.07, 6.45) is 3.97. The third kappa shape index (κ3) is 4.41. The van der Waals surface area contributed by atoms with Crippen LogP contribution in [-0.4, -0.2) is 22.4 Å². The van der Waals surface area contributed by atoms with Crippen LogP contribution in [0, 0.1) is 9.49 Å². The van der Waals surface area contributed by atoms with Crippen LogP contribution < -0.4 is 5.32 Å². The van der Waals surface area contributed by atoms with Gasteiger partial charge in [-0.1, -0.05) is 20.8 Å². The van der Waals surface area contributed by atoms with Gasteiger partial charge in [-0.3, -0.25) is 4.68 Å².